The summed E-state index contributed by atoms with van der Waals surface area (Å²) in [4.78, 5) is 36.7. The van der Waals surface area contributed by atoms with Gasteiger partial charge in [-0.15, -0.1) is 0 Å². The molecule has 0 heterocycles. The Morgan fingerprint density at radius 2 is 0.745 bits per heavy atom. The average molecular weight is 665 g/mol. The Hall–Kier alpha value is -1.85. The quantitative estimate of drug-likeness (QED) is 0.0287. The van der Waals surface area contributed by atoms with Crippen LogP contribution in [-0.2, 0) is 28.6 Å². The van der Waals surface area contributed by atoms with Crippen LogP contribution in [0, 0.1) is 0 Å². The number of hydrogen-bond acceptors (Lipinski definition) is 6. The second kappa shape index (κ2) is 37.0. The van der Waals surface area contributed by atoms with Crippen molar-refractivity contribution in [2.75, 3.05) is 13.2 Å². The maximum absolute atomic E-state index is 12.3. The highest BCUT2D eigenvalue weighted by atomic mass is 16.6. The van der Waals surface area contributed by atoms with E-state index in [1.165, 1.54) is 122 Å². The molecule has 0 aromatic rings. The number of rotatable bonds is 36. The summed E-state index contributed by atoms with van der Waals surface area (Å²) in [5, 5.41) is 0. The molecule has 276 valence electrons. The zero-order chi connectivity index (χ0) is 34.5. The van der Waals surface area contributed by atoms with E-state index in [0.29, 0.717) is 19.3 Å². The van der Waals surface area contributed by atoms with Gasteiger partial charge in [0.2, 0.25) is 0 Å². The van der Waals surface area contributed by atoms with Crippen molar-refractivity contribution in [1.82, 2.24) is 0 Å². The Kier molecular flexibility index (Phi) is 35.5. The van der Waals surface area contributed by atoms with Gasteiger partial charge in [0.05, 0.1) is 0 Å². The lowest BCUT2D eigenvalue weighted by Gasteiger charge is -2.18. The Labute approximate surface area is 290 Å². The van der Waals surface area contributed by atoms with Gasteiger partial charge in [-0.2, -0.15) is 0 Å². The Morgan fingerprint density at radius 1 is 0.404 bits per heavy atom. The van der Waals surface area contributed by atoms with Crippen LogP contribution in [0.5, 0.6) is 0 Å². The molecule has 0 aromatic carbocycles. The van der Waals surface area contributed by atoms with Crippen molar-refractivity contribution in [3.8, 4) is 0 Å². The lowest BCUT2D eigenvalue weighted by molar-refractivity contribution is -0.166. The SMILES string of the molecule is CCCCCCCC/C=C\CCCCCCCC(=O)OCC(COC(=O)CCCCCCCCCCCCCCC)OC(=O)CCC. The summed E-state index contributed by atoms with van der Waals surface area (Å²) >= 11 is 0. The van der Waals surface area contributed by atoms with Crippen LogP contribution in [0.3, 0.4) is 0 Å². The van der Waals surface area contributed by atoms with Crippen LogP contribution in [0.25, 0.3) is 0 Å². The number of unbranched alkanes of at least 4 members (excludes halogenated alkanes) is 23. The van der Waals surface area contributed by atoms with Crippen molar-refractivity contribution < 1.29 is 28.6 Å². The predicted octanol–water partition coefficient (Wildman–Crippen LogP) is 12.3. The third kappa shape index (κ3) is 35.3. The van der Waals surface area contributed by atoms with Gasteiger partial charge in [-0.3, -0.25) is 14.4 Å². The fraction of sp³-hybridized carbons (Fsp3) is 0.878. The number of allylic oxidation sites excluding steroid dienone is 2. The molecule has 6 heteroatoms. The molecule has 0 aromatic heterocycles. The minimum absolute atomic E-state index is 0.0760. The molecule has 0 saturated heterocycles. The second-order valence-corrected chi connectivity index (χ2v) is 13.6. The topological polar surface area (TPSA) is 78.9 Å². The van der Waals surface area contributed by atoms with Crippen molar-refractivity contribution in [3.05, 3.63) is 12.2 Å². The molecule has 47 heavy (non-hydrogen) atoms. The summed E-state index contributed by atoms with van der Waals surface area (Å²) in [6.07, 6.45) is 37.6. The van der Waals surface area contributed by atoms with Gasteiger partial charge in [0.25, 0.3) is 0 Å². The van der Waals surface area contributed by atoms with Crippen molar-refractivity contribution in [3.63, 3.8) is 0 Å². The third-order valence-corrected chi connectivity index (χ3v) is 8.74. The molecule has 0 fully saturated rings. The summed E-state index contributed by atoms with van der Waals surface area (Å²) in [6.45, 7) is 6.26. The summed E-state index contributed by atoms with van der Waals surface area (Å²) < 4.78 is 16.2. The molecule has 0 radical (unpaired) electrons. The summed E-state index contributed by atoms with van der Waals surface area (Å²) in [6, 6.07) is 0. The van der Waals surface area contributed by atoms with E-state index in [2.05, 4.69) is 26.0 Å². The monoisotopic (exact) mass is 665 g/mol. The fourth-order valence-electron chi connectivity index (χ4n) is 5.71. The van der Waals surface area contributed by atoms with Crippen LogP contribution >= 0.6 is 0 Å². The minimum atomic E-state index is -0.761. The van der Waals surface area contributed by atoms with E-state index in [4.69, 9.17) is 14.2 Å². The summed E-state index contributed by atoms with van der Waals surface area (Å²) in [7, 11) is 0. The van der Waals surface area contributed by atoms with Crippen LogP contribution in [0.4, 0.5) is 0 Å². The van der Waals surface area contributed by atoms with E-state index < -0.39 is 6.10 Å². The van der Waals surface area contributed by atoms with Gasteiger partial charge in [-0.25, -0.2) is 0 Å². The van der Waals surface area contributed by atoms with Crippen LogP contribution in [-0.4, -0.2) is 37.2 Å². The van der Waals surface area contributed by atoms with Crippen LogP contribution in [0.2, 0.25) is 0 Å². The van der Waals surface area contributed by atoms with E-state index in [0.717, 1.165) is 44.9 Å². The number of carbonyl (C=O) groups is 3. The summed E-state index contributed by atoms with van der Waals surface area (Å²) in [5.41, 5.74) is 0. The van der Waals surface area contributed by atoms with Crippen molar-refractivity contribution >= 4 is 17.9 Å². The van der Waals surface area contributed by atoms with Gasteiger partial charge >= 0.3 is 17.9 Å². The number of ether oxygens (including phenoxy) is 3. The Bertz CT molecular complexity index is 733. The minimum Gasteiger partial charge on any atom is -0.462 e. The van der Waals surface area contributed by atoms with Crippen molar-refractivity contribution in [2.24, 2.45) is 0 Å². The van der Waals surface area contributed by atoms with Crippen LogP contribution in [0.1, 0.15) is 213 Å². The molecule has 0 N–H and O–H groups in total. The molecular formula is C41H76O6. The number of esters is 3. The molecule has 0 saturated carbocycles. The molecular weight excluding hydrogens is 588 g/mol. The summed E-state index contributed by atoms with van der Waals surface area (Å²) in [5.74, 6) is -0.944. The molecule has 0 aliphatic carbocycles. The fourth-order valence-corrected chi connectivity index (χ4v) is 5.71. The van der Waals surface area contributed by atoms with Crippen molar-refractivity contribution in [2.45, 2.75) is 219 Å². The van der Waals surface area contributed by atoms with Gasteiger partial charge in [-0.05, 0) is 44.9 Å². The van der Waals surface area contributed by atoms with E-state index in [1.807, 2.05) is 6.92 Å². The number of carbonyl (C=O) groups excluding carboxylic acids is 3. The first kappa shape index (κ1) is 45.2. The second-order valence-electron chi connectivity index (χ2n) is 13.6. The highest BCUT2D eigenvalue weighted by Crippen LogP contribution is 2.14. The van der Waals surface area contributed by atoms with Gasteiger partial charge in [0.1, 0.15) is 13.2 Å². The maximum atomic E-state index is 12.3. The molecule has 0 aliphatic heterocycles. The largest absolute Gasteiger partial charge is 0.462 e. The van der Waals surface area contributed by atoms with Gasteiger partial charge in [0.15, 0.2) is 6.10 Å². The molecule has 0 spiro atoms. The molecule has 0 amide bonds. The lowest BCUT2D eigenvalue weighted by Crippen LogP contribution is -2.30. The maximum Gasteiger partial charge on any atom is 0.306 e. The highest BCUT2D eigenvalue weighted by molar-refractivity contribution is 5.71. The molecule has 6 nitrogen and oxygen atoms in total. The zero-order valence-electron chi connectivity index (χ0n) is 31.3. The Balaban J connectivity index is 3.93. The highest BCUT2D eigenvalue weighted by Gasteiger charge is 2.19. The van der Waals surface area contributed by atoms with Gasteiger partial charge < -0.3 is 14.2 Å². The van der Waals surface area contributed by atoms with E-state index in [-0.39, 0.29) is 37.5 Å². The predicted molar refractivity (Wildman–Crippen MR) is 196 cm³/mol. The van der Waals surface area contributed by atoms with Crippen LogP contribution < -0.4 is 0 Å². The molecule has 1 atom stereocenters. The number of hydrogen-bond donors (Lipinski definition) is 0. The standard InChI is InChI=1S/C41H76O6/c1-4-7-9-11-13-15-17-19-20-22-24-26-28-30-32-35-40(43)46-37-38(47-41(44)33-6-3)36-45-39(42)34-31-29-27-25-23-21-18-16-14-12-10-8-5-2/h19-20,38H,4-18,21-37H2,1-3H3/b20-19-. The van der Waals surface area contributed by atoms with E-state index in [9.17, 15) is 14.4 Å². The van der Waals surface area contributed by atoms with Gasteiger partial charge in [0, 0.05) is 19.3 Å². The van der Waals surface area contributed by atoms with Gasteiger partial charge in [-0.1, -0.05) is 161 Å². The molecule has 1 unspecified atom stereocenters. The first-order valence-electron chi connectivity index (χ1n) is 20.2. The molecule has 0 rings (SSSR count). The molecule has 0 aliphatic rings. The first-order chi connectivity index (χ1) is 23.0. The lowest BCUT2D eigenvalue weighted by atomic mass is 10.0. The van der Waals surface area contributed by atoms with E-state index in [1.54, 1.807) is 0 Å². The third-order valence-electron chi connectivity index (χ3n) is 8.74. The van der Waals surface area contributed by atoms with Crippen LogP contribution in [0.15, 0.2) is 12.2 Å². The first-order valence-corrected chi connectivity index (χ1v) is 20.2. The smallest absolute Gasteiger partial charge is 0.306 e. The average Bonchev–Trinajstić information content (AvgIpc) is 3.06. The zero-order valence-corrected chi connectivity index (χ0v) is 31.3. The van der Waals surface area contributed by atoms with E-state index >= 15 is 0 Å². The Morgan fingerprint density at radius 3 is 1.11 bits per heavy atom. The normalized spacial score (nSPS) is 12.0. The van der Waals surface area contributed by atoms with Crippen molar-refractivity contribution in [1.29, 1.82) is 0 Å². The molecule has 0 bridgehead atoms.